The molecule has 1 N–H and O–H groups in total. The summed E-state index contributed by atoms with van der Waals surface area (Å²) in [4.78, 5) is 12.3. The quantitative estimate of drug-likeness (QED) is 0.619. The number of rotatable bonds is 6. The third-order valence-electron chi connectivity index (χ3n) is 3.27. The second-order valence-corrected chi connectivity index (χ2v) is 5.40. The van der Waals surface area contributed by atoms with Gasteiger partial charge in [0.15, 0.2) is 6.61 Å². The molecule has 0 aliphatic rings. The molecule has 0 saturated carbocycles. The van der Waals surface area contributed by atoms with Crippen molar-refractivity contribution in [3.05, 3.63) is 58.6 Å². The molecule has 0 atom stereocenters. The van der Waals surface area contributed by atoms with E-state index in [9.17, 15) is 10.1 Å². The van der Waals surface area contributed by atoms with Gasteiger partial charge in [0.05, 0.1) is 12.1 Å². The fourth-order valence-corrected chi connectivity index (χ4v) is 2.27. The van der Waals surface area contributed by atoms with Crippen LogP contribution in [0.4, 0.5) is 5.69 Å². The predicted molar refractivity (Wildman–Crippen MR) is 97.8 cm³/mol. The Balaban J connectivity index is 2.15. The normalized spacial score (nSPS) is 10.4. The molecule has 6 nitrogen and oxygen atoms in total. The monoisotopic (exact) mass is 367 g/mol. The van der Waals surface area contributed by atoms with Crippen molar-refractivity contribution in [1.82, 2.24) is 0 Å². The van der Waals surface area contributed by atoms with E-state index in [1.54, 1.807) is 49.6 Å². The minimum Gasteiger partial charge on any atom is -0.497 e. The van der Waals surface area contributed by atoms with Crippen molar-refractivity contribution in [2.24, 2.45) is 0 Å². The predicted octanol–water partition coefficient (Wildman–Crippen LogP) is 3.80. The van der Waals surface area contributed by atoms with E-state index in [0.717, 1.165) is 0 Å². The van der Waals surface area contributed by atoms with Crippen molar-refractivity contribution < 1.29 is 14.3 Å². The first-order valence-electron chi connectivity index (χ1n) is 7.44. The highest BCUT2D eigenvalue weighted by Gasteiger charge is 2.10. The molecule has 7 heteroatoms. The lowest BCUT2D eigenvalue weighted by Gasteiger charge is -2.07. The Bertz CT molecular complexity index is 909. The number of hydrogen-bond donors (Lipinski definition) is 1. The molecular weight excluding hydrogens is 354 g/mol. The van der Waals surface area contributed by atoms with Crippen LogP contribution in [-0.2, 0) is 4.79 Å². The van der Waals surface area contributed by atoms with Gasteiger partial charge in [-0.25, -0.2) is 0 Å². The minimum atomic E-state index is -0.543. The summed E-state index contributed by atoms with van der Waals surface area (Å²) in [6, 6.07) is 15.2. The molecule has 2 aromatic carbocycles. The summed E-state index contributed by atoms with van der Waals surface area (Å²) in [7, 11) is 1.55. The van der Waals surface area contributed by atoms with E-state index < -0.39 is 5.91 Å². The molecule has 0 bridgehead atoms. The van der Waals surface area contributed by atoms with Gasteiger partial charge in [-0.1, -0.05) is 17.7 Å². The van der Waals surface area contributed by atoms with Crippen LogP contribution in [0.5, 0.6) is 11.5 Å². The molecular formula is C19H14ClN3O3. The van der Waals surface area contributed by atoms with Crippen LogP contribution in [0.3, 0.4) is 0 Å². The van der Waals surface area contributed by atoms with E-state index in [1.807, 2.05) is 12.1 Å². The number of carbonyl (C=O) groups excluding carboxylic acids is 1. The van der Waals surface area contributed by atoms with E-state index in [2.05, 4.69) is 5.32 Å². The molecule has 0 aliphatic heterocycles. The second kappa shape index (κ2) is 9.12. The molecule has 0 radical (unpaired) electrons. The van der Waals surface area contributed by atoms with Crippen molar-refractivity contribution in [2.75, 3.05) is 19.0 Å². The zero-order valence-corrected chi connectivity index (χ0v) is 14.6. The fourth-order valence-electron chi connectivity index (χ4n) is 2.02. The lowest BCUT2D eigenvalue weighted by molar-refractivity contribution is -0.112. The Morgan fingerprint density at radius 1 is 1.23 bits per heavy atom. The van der Waals surface area contributed by atoms with Crippen molar-refractivity contribution in [3.63, 3.8) is 0 Å². The fraction of sp³-hybridized carbons (Fsp3) is 0.105. The molecule has 130 valence electrons. The van der Waals surface area contributed by atoms with E-state index in [0.29, 0.717) is 22.7 Å². The van der Waals surface area contributed by atoms with Gasteiger partial charge >= 0.3 is 0 Å². The Morgan fingerprint density at radius 3 is 2.54 bits per heavy atom. The lowest BCUT2D eigenvalue weighted by Crippen LogP contribution is -2.13. The number of methoxy groups -OCH3 is 1. The molecule has 0 unspecified atom stereocenters. The van der Waals surface area contributed by atoms with E-state index in [4.69, 9.17) is 26.3 Å². The maximum Gasteiger partial charge on any atom is 0.266 e. The van der Waals surface area contributed by atoms with Crippen LogP contribution in [0.15, 0.2) is 48.0 Å². The molecule has 1 amide bonds. The van der Waals surface area contributed by atoms with Gasteiger partial charge in [-0.2, -0.15) is 10.5 Å². The number of amides is 1. The zero-order chi connectivity index (χ0) is 18.9. The summed E-state index contributed by atoms with van der Waals surface area (Å²) < 4.78 is 10.2. The van der Waals surface area contributed by atoms with Gasteiger partial charge in [-0.15, -0.1) is 0 Å². The largest absolute Gasteiger partial charge is 0.497 e. The molecule has 0 aliphatic carbocycles. The van der Waals surface area contributed by atoms with Crippen LogP contribution in [0, 0.1) is 22.7 Å². The van der Waals surface area contributed by atoms with E-state index in [-0.39, 0.29) is 17.2 Å². The molecule has 2 aromatic rings. The average molecular weight is 368 g/mol. The van der Waals surface area contributed by atoms with Gasteiger partial charge in [0.1, 0.15) is 29.2 Å². The topological polar surface area (TPSA) is 95.1 Å². The van der Waals surface area contributed by atoms with Crippen molar-refractivity contribution >= 4 is 29.3 Å². The van der Waals surface area contributed by atoms with Gasteiger partial charge in [-0.05, 0) is 48.0 Å². The number of halogens is 1. The first kappa shape index (κ1) is 18.9. The molecule has 0 saturated heterocycles. The highest BCUT2D eigenvalue weighted by Crippen LogP contribution is 2.26. The third kappa shape index (κ3) is 5.01. The van der Waals surface area contributed by atoms with Gasteiger partial charge in [-0.3, -0.25) is 4.79 Å². The van der Waals surface area contributed by atoms with Gasteiger partial charge in [0.2, 0.25) is 0 Å². The Kier molecular flexibility index (Phi) is 6.61. The number of ether oxygens (including phenoxy) is 2. The maximum atomic E-state index is 12.3. The molecule has 0 spiro atoms. The maximum absolute atomic E-state index is 12.3. The van der Waals surface area contributed by atoms with Crippen LogP contribution in [0.2, 0.25) is 5.02 Å². The molecule has 0 heterocycles. The first-order valence-corrected chi connectivity index (χ1v) is 7.81. The number of nitrogens with zero attached hydrogens (tertiary/aromatic N) is 2. The number of benzene rings is 2. The summed E-state index contributed by atoms with van der Waals surface area (Å²) in [6.45, 7) is -0.122. The second-order valence-electron chi connectivity index (χ2n) is 4.99. The van der Waals surface area contributed by atoms with Crippen LogP contribution in [-0.4, -0.2) is 19.6 Å². The van der Waals surface area contributed by atoms with Crippen LogP contribution >= 0.6 is 11.6 Å². The number of carbonyl (C=O) groups is 1. The molecule has 2 rings (SSSR count). The molecule has 0 aromatic heterocycles. The van der Waals surface area contributed by atoms with E-state index >= 15 is 0 Å². The standard InChI is InChI=1S/C19H14ClN3O3/c1-25-16-5-3-15(4-6-16)23-19(24)14(12-22)10-13-2-7-18(17(20)11-13)26-9-8-21/h2-7,10-11H,9H2,1H3,(H,23,24)/b14-10+. The summed E-state index contributed by atoms with van der Waals surface area (Å²) in [5.41, 5.74) is 1.01. The summed E-state index contributed by atoms with van der Waals surface area (Å²) in [6.07, 6.45) is 1.42. The minimum absolute atomic E-state index is 0.0809. The summed E-state index contributed by atoms with van der Waals surface area (Å²) in [5.74, 6) is 0.470. The summed E-state index contributed by atoms with van der Waals surface area (Å²) >= 11 is 6.07. The van der Waals surface area contributed by atoms with Crippen molar-refractivity contribution in [3.8, 4) is 23.6 Å². The number of nitrogens with one attached hydrogen (secondary N) is 1. The number of hydrogen-bond acceptors (Lipinski definition) is 5. The van der Waals surface area contributed by atoms with Crippen LogP contribution in [0.25, 0.3) is 6.08 Å². The number of anilines is 1. The van der Waals surface area contributed by atoms with Crippen molar-refractivity contribution in [2.45, 2.75) is 0 Å². The van der Waals surface area contributed by atoms with Crippen LogP contribution in [0.1, 0.15) is 5.56 Å². The first-order chi connectivity index (χ1) is 12.6. The smallest absolute Gasteiger partial charge is 0.266 e. The highest BCUT2D eigenvalue weighted by molar-refractivity contribution is 6.32. The van der Waals surface area contributed by atoms with Gasteiger partial charge < -0.3 is 14.8 Å². The zero-order valence-electron chi connectivity index (χ0n) is 13.8. The van der Waals surface area contributed by atoms with Crippen LogP contribution < -0.4 is 14.8 Å². The lowest BCUT2D eigenvalue weighted by atomic mass is 10.1. The Labute approximate surface area is 155 Å². The summed E-state index contributed by atoms with van der Waals surface area (Å²) in [5, 5.41) is 20.7. The SMILES string of the molecule is COc1ccc(NC(=O)/C(C#N)=C/c2ccc(OCC#N)c(Cl)c2)cc1. The third-order valence-corrected chi connectivity index (χ3v) is 3.57. The highest BCUT2D eigenvalue weighted by atomic mass is 35.5. The molecule has 0 fully saturated rings. The Morgan fingerprint density at radius 2 is 1.96 bits per heavy atom. The molecule has 26 heavy (non-hydrogen) atoms. The number of nitriles is 2. The van der Waals surface area contributed by atoms with Gasteiger partial charge in [0.25, 0.3) is 5.91 Å². The average Bonchev–Trinajstić information content (AvgIpc) is 2.66. The van der Waals surface area contributed by atoms with Gasteiger partial charge in [0, 0.05) is 5.69 Å². The Hall–Kier alpha value is -3.48. The van der Waals surface area contributed by atoms with Crippen molar-refractivity contribution in [1.29, 1.82) is 10.5 Å². The van der Waals surface area contributed by atoms with E-state index in [1.165, 1.54) is 6.08 Å².